The molecule has 5 rings (SSSR count). The molecule has 3 heterocycles. The Hall–Kier alpha value is -3.08. The second-order valence-electron chi connectivity index (χ2n) is 8.18. The fourth-order valence-corrected chi connectivity index (χ4v) is 6.77. The van der Waals surface area contributed by atoms with Gasteiger partial charge in [-0.05, 0) is 36.6 Å². The SMILES string of the molecule is O=C(OC1C(Cc2ccccc2)NS(=O)(=O)C2CC3C=C[C@]12O3)c1ccc([N+](=O)[O-])cc1. The van der Waals surface area contributed by atoms with Gasteiger partial charge < -0.3 is 9.47 Å². The van der Waals surface area contributed by atoms with Gasteiger partial charge in [-0.15, -0.1) is 0 Å². The van der Waals surface area contributed by atoms with Crippen LogP contribution < -0.4 is 4.72 Å². The number of nitro groups is 1. The molecule has 2 aromatic carbocycles. The van der Waals surface area contributed by atoms with Crippen molar-refractivity contribution in [1.29, 1.82) is 0 Å². The highest BCUT2D eigenvalue weighted by Crippen LogP contribution is 2.48. The third-order valence-electron chi connectivity index (χ3n) is 6.22. The van der Waals surface area contributed by atoms with E-state index in [4.69, 9.17) is 9.47 Å². The van der Waals surface area contributed by atoms with Crippen molar-refractivity contribution in [3.8, 4) is 0 Å². The first-order valence-corrected chi connectivity index (χ1v) is 11.7. The maximum atomic E-state index is 13.0. The monoisotopic (exact) mass is 456 g/mol. The number of non-ortho nitro benzene ring substituents is 1. The number of nitro benzene ring substituents is 1. The number of nitrogens with one attached hydrogen (secondary N) is 1. The maximum Gasteiger partial charge on any atom is 0.338 e. The van der Waals surface area contributed by atoms with Gasteiger partial charge in [0.15, 0.2) is 6.10 Å². The molecule has 0 saturated carbocycles. The van der Waals surface area contributed by atoms with E-state index >= 15 is 0 Å². The van der Waals surface area contributed by atoms with E-state index in [-0.39, 0.29) is 23.8 Å². The first-order chi connectivity index (χ1) is 15.3. The van der Waals surface area contributed by atoms with Gasteiger partial charge in [-0.3, -0.25) is 10.1 Å². The number of carbonyl (C=O) groups is 1. The van der Waals surface area contributed by atoms with Crippen LogP contribution in [0.4, 0.5) is 5.69 Å². The van der Waals surface area contributed by atoms with Crippen LogP contribution in [0.5, 0.6) is 0 Å². The number of sulfonamides is 1. The Morgan fingerprint density at radius 2 is 1.91 bits per heavy atom. The Bertz CT molecular complexity index is 1200. The number of fused-ring (bicyclic) bond motifs is 1. The van der Waals surface area contributed by atoms with Crippen molar-refractivity contribution in [2.75, 3.05) is 0 Å². The minimum atomic E-state index is -3.71. The zero-order valence-corrected chi connectivity index (χ0v) is 17.6. The molecule has 3 aliphatic rings. The molecule has 5 atom stereocenters. The van der Waals surface area contributed by atoms with Crippen LogP contribution in [0.1, 0.15) is 22.3 Å². The molecule has 1 N–H and O–H groups in total. The zero-order valence-electron chi connectivity index (χ0n) is 16.8. The lowest BCUT2D eigenvalue weighted by molar-refractivity contribution is -0.384. The Balaban J connectivity index is 1.49. The van der Waals surface area contributed by atoms with Gasteiger partial charge in [0.25, 0.3) is 5.69 Å². The molecule has 0 aromatic heterocycles. The maximum absolute atomic E-state index is 13.0. The normalized spacial score (nSPS) is 31.8. The Kier molecular flexibility index (Phi) is 4.88. The van der Waals surface area contributed by atoms with E-state index in [1.165, 1.54) is 24.3 Å². The van der Waals surface area contributed by atoms with Crippen LogP contribution in [0.15, 0.2) is 66.7 Å². The van der Waals surface area contributed by atoms with E-state index in [0.717, 1.165) is 5.56 Å². The predicted molar refractivity (Wildman–Crippen MR) is 113 cm³/mol. The van der Waals surface area contributed by atoms with Crippen LogP contribution in [0.2, 0.25) is 0 Å². The van der Waals surface area contributed by atoms with Crippen LogP contribution in [-0.2, 0) is 25.9 Å². The van der Waals surface area contributed by atoms with E-state index in [1.54, 1.807) is 6.08 Å². The summed E-state index contributed by atoms with van der Waals surface area (Å²) < 4.78 is 40.7. The summed E-state index contributed by atoms with van der Waals surface area (Å²) in [6.45, 7) is 0. The molecular weight excluding hydrogens is 436 g/mol. The van der Waals surface area contributed by atoms with Crippen LogP contribution in [0, 0.1) is 10.1 Å². The van der Waals surface area contributed by atoms with Crippen molar-refractivity contribution < 1.29 is 27.6 Å². The van der Waals surface area contributed by atoms with E-state index in [9.17, 15) is 23.3 Å². The number of carbonyl (C=O) groups excluding carboxylic acids is 1. The van der Waals surface area contributed by atoms with E-state index in [0.29, 0.717) is 6.42 Å². The smallest absolute Gasteiger partial charge is 0.338 e. The summed E-state index contributed by atoms with van der Waals surface area (Å²) in [5.41, 5.74) is -0.409. The molecule has 4 unspecified atom stereocenters. The highest BCUT2D eigenvalue weighted by Gasteiger charge is 2.66. The second-order valence-corrected chi connectivity index (χ2v) is 10.1. The Labute approximate surface area is 184 Å². The molecule has 2 bridgehead atoms. The molecule has 3 aliphatic heterocycles. The fraction of sp³-hybridized carbons (Fsp3) is 0.318. The summed E-state index contributed by atoms with van der Waals surface area (Å²) in [5.74, 6) is -0.704. The van der Waals surface area contributed by atoms with Gasteiger partial charge in [0.1, 0.15) is 10.9 Å². The molecule has 10 heteroatoms. The molecule has 0 radical (unpaired) electrons. The molecule has 32 heavy (non-hydrogen) atoms. The van der Waals surface area contributed by atoms with Gasteiger partial charge in [0.05, 0.1) is 22.6 Å². The number of benzene rings is 2. The van der Waals surface area contributed by atoms with Gasteiger partial charge in [-0.2, -0.15) is 0 Å². The number of hydrogen-bond acceptors (Lipinski definition) is 7. The highest BCUT2D eigenvalue weighted by atomic mass is 32.2. The molecular formula is C22H20N2O7S. The number of ether oxygens (including phenoxy) is 2. The topological polar surface area (TPSA) is 125 Å². The standard InChI is InChI=1S/C22H20N2O7S/c25-21(15-6-8-16(9-7-15)24(26)27)30-20-18(12-14-4-2-1-3-5-14)23-32(28,29)19-13-17-10-11-22(19,20)31-17/h1-11,17-20,23H,12-13H2/t17?,18?,19?,20?,22-/m1/s1. The van der Waals surface area contributed by atoms with Crippen molar-refractivity contribution in [1.82, 2.24) is 4.72 Å². The quantitative estimate of drug-likeness (QED) is 0.316. The number of rotatable bonds is 5. The van der Waals surface area contributed by atoms with E-state index in [2.05, 4.69) is 4.72 Å². The number of hydrogen-bond donors (Lipinski definition) is 1. The van der Waals surface area contributed by atoms with Crippen LogP contribution >= 0.6 is 0 Å². The highest BCUT2D eigenvalue weighted by molar-refractivity contribution is 7.90. The largest absolute Gasteiger partial charge is 0.454 e. The molecule has 2 aromatic rings. The summed E-state index contributed by atoms with van der Waals surface area (Å²) in [4.78, 5) is 23.3. The minimum absolute atomic E-state index is 0.131. The number of esters is 1. The van der Waals surface area contributed by atoms with Crippen molar-refractivity contribution >= 4 is 21.7 Å². The third kappa shape index (κ3) is 3.40. The van der Waals surface area contributed by atoms with Gasteiger partial charge in [0, 0.05) is 12.1 Å². The average molecular weight is 456 g/mol. The molecule has 166 valence electrons. The van der Waals surface area contributed by atoms with Gasteiger partial charge in [-0.25, -0.2) is 17.9 Å². The Morgan fingerprint density at radius 3 is 2.56 bits per heavy atom. The number of nitrogens with zero attached hydrogens (tertiary/aromatic N) is 1. The van der Waals surface area contributed by atoms with E-state index < -0.39 is 43.9 Å². The fourth-order valence-electron chi connectivity index (χ4n) is 4.78. The molecule has 9 nitrogen and oxygen atoms in total. The van der Waals surface area contributed by atoms with Crippen molar-refractivity contribution in [2.45, 2.75) is 41.9 Å². The van der Waals surface area contributed by atoms with Gasteiger partial charge in [-0.1, -0.05) is 36.4 Å². The molecule has 0 amide bonds. The van der Waals surface area contributed by atoms with E-state index in [1.807, 2.05) is 36.4 Å². The van der Waals surface area contributed by atoms with Gasteiger partial charge >= 0.3 is 5.97 Å². The minimum Gasteiger partial charge on any atom is -0.454 e. The first-order valence-electron chi connectivity index (χ1n) is 10.2. The van der Waals surface area contributed by atoms with Crippen molar-refractivity contribution in [2.24, 2.45) is 0 Å². The summed E-state index contributed by atoms with van der Waals surface area (Å²) in [6, 6.07) is 13.6. The van der Waals surface area contributed by atoms with Crippen LogP contribution in [-0.4, -0.2) is 48.4 Å². The first kappa shape index (κ1) is 20.8. The average Bonchev–Trinajstić information content (AvgIpc) is 3.37. The van der Waals surface area contributed by atoms with Crippen molar-refractivity contribution in [3.05, 3.63) is 88.0 Å². The second kappa shape index (κ2) is 7.51. The predicted octanol–water partition coefficient (Wildman–Crippen LogP) is 2.13. The zero-order chi connectivity index (χ0) is 22.5. The lowest BCUT2D eigenvalue weighted by Gasteiger charge is -2.45. The molecule has 0 aliphatic carbocycles. The summed E-state index contributed by atoms with van der Waals surface area (Å²) in [6.07, 6.45) is 2.83. The van der Waals surface area contributed by atoms with Crippen LogP contribution in [0.3, 0.4) is 0 Å². The molecule has 2 fully saturated rings. The van der Waals surface area contributed by atoms with Crippen molar-refractivity contribution in [3.63, 3.8) is 0 Å². The lowest BCUT2D eigenvalue weighted by Crippen LogP contribution is -2.68. The molecule has 2 saturated heterocycles. The lowest BCUT2D eigenvalue weighted by atomic mass is 9.83. The summed E-state index contributed by atoms with van der Waals surface area (Å²) >= 11 is 0. The summed E-state index contributed by atoms with van der Waals surface area (Å²) in [5, 5.41) is 10.0. The van der Waals surface area contributed by atoms with Crippen LogP contribution in [0.25, 0.3) is 0 Å². The summed E-state index contributed by atoms with van der Waals surface area (Å²) in [7, 11) is -3.71. The van der Waals surface area contributed by atoms with Gasteiger partial charge in [0.2, 0.25) is 10.0 Å². The third-order valence-corrected chi connectivity index (χ3v) is 8.16. The molecule has 1 spiro atoms. The Morgan fingerprint density at radius 1 is 1.19 bits per heavy atom.